The van der Waals surface area contributed by atoms with E-state index in [0.717, 1.165) is 11.3 Å². The largest absolute Gasteiger partial charge is 0.334 e. The molecule has 0 aliphatic rings. The third-order valence-corrected chi connectivity index (χ3v) is 4.65. The Labute approximate surface area is 167 Å². The van der Waals surface area contributed by atoms with Crippen LogP contribution in [0.3, 0.4) is 0 Å². The molecule has 1 amide bonds. The number of anilines is 1. The molecule has 0 aliphatic carbocycles. The predicted octanol–water partition coefficient (Wildman–Crippen LogP) is 4.52. The summed E-state index contributed by atoms with van der Waals surface area (Å²) in [6.07, 6.45) is 1.82. The Bertz CT molecular complexity index is 1090. The van der Waals surface area contributed by atoms with Gasteiger partial charge in [0.05, 0.1) is 0 Å². The predicted molar refractivity (Wildman–Crippen MR) is 108 cm³/mol. The van der Waals surface area contributed by atoms with Gasteiger partial charge in [-0.15, -0.1) is 0 Å². The first-order valence-electron chi connectivity index (χ1n) is 8.68. The van der Waals surface area contributed by atoms with Crippen LogP contribution in [0.15, 0.2) is 77.4 Å². The lowest BCUT2D eigenvalue weighted by Crippen LogP contribution is -2.29. The Hall–Kier alpha value is -3.38. The molecule has 0 aliphatic heterocycles. The van der Waals surface area contributed by atoms with Crippen LogP contribution in [0, 0.1) is 0 Å². The highest BCUT2D eigenvalue weighted by Crippen LogP contribution is 2.24. The number of rotatable bonds is 5. The number of halogens is 1. The van der Waals surface area contributed by atoms with Gasteiger partial charge in [-0.25, -0.2) is 0 Å². The van der Waals surface area contributed by atoms with Gasteiger partial charge in [0.25, 0.3) is 5.89 Å². The smallest absolute Gasteiger partial charge is 0.274 e. The van der Waals surface area contributed by atoms with Gasteiger partial charge in [0, 0.05) is 29.5 Å². The van der Waals surface area contributed by atoms with Crippen molar-refractivity contribution in [1.29, 1.82) is 0 Å². The average molecular weight is 393 g/mol. The molecule has 0 spiro atoms. The highest BCUT2D eigenvalue weighted by Gasteiger charge is 2.17. The first kappa shape index (κ1) is 18.0. The molecule has 0 bridgehead atoms. The zero-order valence-electron chi connectivity index (χ0n) is 15.1. The molecule has 0 atom stereocenters. The van der Waals surface area contributed by atoms with Crippen LogP contribution in [0.2, 0.25) is 5.02 Å². The van der Waals surface area contributed by atoms with E-state index in [2.05, 4.69) is 10.1 Å². The van der Waals surface area contributed by atoms with Crippen LogP contribution in [-0.2, 0) is 11.3 Å². The van der Waals surface area contributed by atoms with Crippen LogP contribution in [0.5, 0.6) is 0 Å². The Morgan fingerprint density at radius 1 is 1.07 bits per heavy atom. The fourth-order valence-electron chi connectivity index (χ4n) is 2.84. The molecule has 4 aromatic rings. The summed E-state index contributed by atoms with van der Waals surface area (Å²) in [6, 6.07) is 20.4. The summed E-state index contributed by atoms with van der Waals surface area (Å²) in [5.41, 5.74) is 2.32. The minimum absolute atomic E-state index is 0.0545. The summed E-state index contributed by atoms with van der Waals surface area (Å²) in [5.74, 6) is 0.762. The average Bonchev–Trinajstić information content (AvgIpc) is 3.38. The van der Waals surface area contributed by atoms with Crippen molar-refractivity contribution >= 4 is 23.2 Å². The van der Waals surface area contributed by atoms with Crippen molar-refractivity contribution in [2.75, 3.05) is 11.9 Å². The summed E-state index contributed by atoms with van der Waals surface area (Å²) in [6.45, 7) is 0.159. The van der Waals surface area contributed by atoms with Gasteiger partial charge in [-0.3, -0.25) is 4.79 Å². The van der Waals surface area contributed by atoms with Gasteiger partial charge < -0.3 is 14.0 Å². The number of carbonyl (C=O) groups is 1. The van der Waals surface area contributed by atoms with Gasteiger partial charge in [0.2, 0.25) is 11.7 Å². The van der Waals surface area contributed by atoms with Gasteiger partial charge in [-0.05, 0) is 48.5 Å². The van der Waals surface area contributed by atoms with E-state index < -0.39 is 0 Å². The maximum Gasteiger partial charge on any atom is 0.274 e. The highest BCUT2D eigenvalue weighted by atomic mass is 35.5. The Morgan fingerprint density at radius 2 is 1.82 bits per heavy atom. The number of amides is 1. The lowest BCUT2D eigenvalue weighted by Gasteiger charge is -2.18. The minimum Gasteiger partial charge on any atom is -0.334 e. The van der Waals surface area contributed by atoms with Gasteiger partial charge >= 0.3 is 0 Å². The molecular formula is C21H17ClN4O2. The van der Waals surface area contributed by atoms with E-state index in [1.165, 1.54) is 0 Å². The molecule has 2 aromatic carbocycles. The van der Waals surface area contributed by atoms with E-state index in [1.807, 2.05) is 60.8 Å². The molecule has 0 unspecified atom stereocenters. The third kappa shape index (κ3) is 3.68. The molecule has 7 heteroatoms. The molecular weight excluding hydrogens is 376 g/mol. The topological polar surface area (TPSA) is 64.2 Å². The van der Waals surface area contributed by atoms with Gasteiger partial charge in [-0.1, -0.05) is 35.0 Å². The van der Waals surface area contributed by atoms with E-state index in [1.54, 1.807) is 28.6 Å². The van der Waals surface area contributed by atoms with Gasteiger partial charge in [0.1, 0.15) is 12.2 Å². The minimum atomic E-state index is -0.0545. The highest BCUT2D eigenvalue weighted by molar-refractivity contribution is 6.30. The van der Waals surface area contributed by atoms with Crippen LogP contribution in [0.4, 0.5) is 5.69 Å². The fourth-order valence-corrected chi connectivity index (χ4v) is 2.96. The number of benzene rings is 2. The van der Waals surface area contributed by atoms with Crippen molar-refractivity contribution in [3.05, 3.63) is 77.9 Å². The Balaban J connectivity index is 1.55. The summed E-state index contributed by atoms with van der Waals surface area (Å²) in [5, 5.41) is 4.68. The maximum atomic E-state index is 12.7. The lowest BCUT2D eigenvalue weighted by atomic mass is 10.2. The fraction of sp³-hybridized carbons (Fsp3) is 0.0952. The normalized spacial score (nSPS) is 10.8. The molecule has 140 valence electrons. The van der Waals surface area contributed by atoms with E-state index in [0.29, 0.717) is 22.4 Å². The number of para-hydroxylation sites is 1. The van der Waals surface area contributed by atoms with Gasteiger partial charge in [0.15, 0.2) is 0 Å². The molecule has 4 rings (SSSR count). The second-order valence-corrected chi connectivity index (χ2v) is 6.68. The second kappa shape index (κ2) is 7.70. The number of likely N-dealkylation sites (N-methyl/N-ethyl adjacent to an activating group) is 1. The summed E-state index contributed by atoms with van der Waals surface area (Å²) in [7, 11) is 1.76. The standard InChI is InChI=1S/C21H17ClN4O2/c1-25(17-6-3-2-4-7-17)19(27)14-26-13-5-8-18(26)21-23-20(24-28-21)15-9-11-16(22)12-10-15/h2-13H,14H2,1H3. The van der Waals surface area contributed by atoms with Crippen molar-refractivity contribution in [2.45, 2.75) is 6.54 Å². The second-order valence-electron chi connectivity index (χ2n) is 6.24. The van der Waals surface area contributed by atoms with Crippen molar-refractivity contribution in [1.82, 2.24) is 14.7 Å². The van der Waals surface area contributed by atoms with E-state index in [9.17, 15) is 4.79 Å². The number of carbonyl (C=O) groups excluding carboxylic acids is 1. The lowest BCUT2D eigenvalue weighted by molar-refractivity contribution is -0.118. The summed E-state index contributed by atoms with van der Waals surface area (Å²) < 4.78 is 7.21. The van der Waals surface area contributed by atoms with Crippen LogP contribution >= 0.6 is 11.6 Å². The monoisotopic (exact) mass is 392 g/mol. The molecule has 6 nitrogen and oxygen atoms in total. The molecule has 2 heterocycles. The van der Waals surface area contributed by atoms with E-state index in [4.69, 9.17) is 16.1 Å². The van der Waals surface area contributed by atoms with Crippen molar-refractivity contribution in [3.8, 4) is 23.0 Å². The zero-order chi connectivity index (χ0) is 19.5. The molecule has 2 aromatic heterocycles. The molecule has 0 N–H and O–H groups in total. The number of aromatic nitrogens is 3. The Morgan fingerprint density at radius 3 is 2.57 bits per heavy atom. The molecule has 0 fully saturated rings. The van der Waals surface area contributed by atoms with Crippen LogP contribution in [0.1, 0.15) is 0 Å². The molecule has 0 saturated carbocycles. The van der Waals surface area contributed by atoms with Crippen LogP contribution < -0.4 is 4.90 Å². The number of nitrogens with zero attached hydrogens (tertiary/aromatic N) is 4. The SMILES string of the molecule is CN(C(=O)Cn1cccc1-c1nc(-c2ccc(Cl)cc2)no1)c1ccccc1. The van der Waals surface area contributed by atoms with Crippen LogP contribution in [-0.4, -0.2) is 27.7 Å². The van der Waals surface area contributed by atoms with E-state index in [-0.39, 0.29) is 12.5 Å². The first-order chi connectivity index (χ1) is 13.6. The number of hydrogen-bond donors (Lipinski definition) is 0. The quantitative estimate of drug-likeness (QED) is 0.501. The summed E-state index contributed by atoms with van der Waals surface area (Å²) in [4.78, 5) is 18.8. The molecule has 28 heavy (non-hydrogen) atoms. The van der Waals surface area contributed by atoms with Crippen molar-refractivity contribution in [2.24, 2.45) is 0 Å². The van der Waals surface area contributed by atoms with Crippen molar-refractivity contribution < 1.29 is 9.32 Å². The zero-order valence-corrected chi connectivity index (χ0v) is 15.9. The summed E-state index contributed by atoms with van der Waals surface area (Å²) >= 11 is 5.92. The van der Waals surface area contributed by atoms with E-state index >= 15 is 0 Å². The third-order valence-electron chi connectivity index (χ3n) is 4.40. The maximum absolute atomic E-state index is 12.7. The van der Waals surface area contributed by atoms with Crippen molar-refractivity contribution in [3.63, 3.8) is 0 Å². The van der Waals surface area contributed by atoms with Crippen LogP contribution in [0.25, 0.3) is 23.0 Å². The molecule has 0 radical (unpaired) electrons. The van der Waals surface area contributed by atoms with Gasteiger partial charge in [-0.2, -0.15) is 4.98 Å². The molecule has 0 saturated heterocycles. The Kier molecular flexibility index (Phi) is 4.95. The number of hydrogen-bond acceptors (Lipinski definition) is 4. The first-order valence-corrected chi connectivity index (χ1v) is 9.06.